The second kappa shape index (κ2) is 7.92. The highest BCUT2D eigenvalue weighted by atomic mass is 16.6. The molecule has 0 aliphatic carbocycles. The lowest BCUT2D eigenvalue weighted by Crippen LogP contribution is -2.24. The topological polar surface area (TPSA) is 125 Å². The maximum atomic E-state index is 11.9. The molecule has 1 rings (SSSR count). The van der Waals surface area contributed by atoms with Crippen LogP contribution >= 0.6 is 0 Å². The van der Waals surface area contributed by atoms with E-state index in [1.165, 1.54) is 6.07 Å². The van der Waals surface area contributed by atoms with Crippen molar-refractivity contribution in [2.24, 2.45) is 16.5 Å². The molecule has 0 saturated heterocycles. The van der Waals surface area contributed by atoms with Crippen LogP contribution in [-0.2, 0) is 0 Å². The van der Waals surface area contributed by atoms with Crippen LogP contribution in [0.2, 0.25) is 0 Å². The molecule has 0 atom stereocenters. The highest BCUT2D eigenvalue weighted by Gasteiger charge is 2.18. The van der Waals surface area contributed by atoms with E-state index < -0.39 is 10.8 Å². The van der Waals surface area contributed by atoms with Gasteiger partial charge in [0.15, 0.2) is 5.96 Å². The summed E-state index contributed by atoms with van der Waals surface area (Å²) in [7, 11) is 0. The maximum absolute atomic E-state index is 11.9. The lowest BCUT2D eigenvalue weighted by molar-refractivity contribution is -0.385. The number of amides is 1. The fraction of sp³-hybridized carbons (Fsp3) is 0.333. The molecule has 0 bridgehead atoms. The van der Waals surface area contributed by atoms with Crippen LogP contribution in [0, 0.1) is 17.0 Å². The monoisotopic (exact) mass is 304 g/mol. The third-order valence-corrected chi connectivity index (χ3v) is 3.05. The first kappa shape index (κ1) is 17.4. The number of hydrogen-bond donors (Lipinski definition) is 2. The largest absolute Gasteiger partial charge is 0.370 e. The second-order valence-corrected chi connectivity index (χ2v) is 4.87. The van der Waals surface area contributed by atoms with E-state index >= 15 is 0 Å². The van der Waals surface area contributed by atoms with Gasteiger partial charge in [-0.15, -0.1) is 0 Å². The van der Waals surface area contributed by atoms with E-state index in [1.807, 2.05) is 6.08 Å². The van der Waals surface area contributed by atoms with Crippen LogP contribution < -0.4 is 11.5 Å². The van der Waals surface area contributed by atoms with E-state index in [4.69, 9.17) is 11.5 Å². The SMILES string of the molecule is CCCC/C=C/c1cc(C)c(C(=O)N=C(N)N)cc1[N+](=O)[O-]. The molecule has 0 aliphatic rings. The molecule has 1 aromatic rings. The van der Waals surface area contributed by atoms with Gasteiger partial charge in [-0.1, -0.05) is 31.9 Å². The fourth-order valence-electron chi connectivity index (χ4n) is 1.95. The number of aryl methyl sites for hydroxylation is 1. The van der Waals surface area contributed by atoms with Gasteiger partial charge in [-0.25, -0.2) is 0 Å². The molecule has 0 aliphatic heterocycles. The number of nitro benzene ring substituents is 1. The summed E-state index contributed by atoms with van der Waals surface area (Å²) >= 11 is 0. The quantitative estimate of drug-likeness (QED) is 0.274. The zero-order chi connectivity index (χ0) is 16.7. The van der Waals surface area contributed by atoms with Crippen molar-refractivity contribution in [1.82, 2.24) is 0 Å². The predicted octanol–water partition coefficient (Wildman–Crippen LogP) is 2.52. The number of aliphatic imine (C=N–C) groups is 1. The summed E-state index contributed by atoms with van der Waals surface area (Å²) in [5, 5.41) is 11.2. The van der Waals surface area contributed by atoms with Crippen LogP contribution in [0.15, 0.2) is 23.2 Å². The highest BCUT2D eigenvalue weighted by molar-refractivity contribution is 6.03. The highest BCUT2D eigenvalue weighted by Crippen LogP contribution is 2.25. The van der Waals surface area contributed by atoms with Crippen LogP contribution in [0.1, 0.15) is 47.7 Å². The molecule has 7 heteroatoms. The molecule has 0 saturated carbocycles. The first-order chi connectivity index (χ1) is 10.4. The van der Waals surface area contributed by atoms with Gasteiger partial charge in [0.25, 0.3) is 11.6 Å². The summed E-state index contributed by atoms with van der Waals surface area (Å²) in [6.45, 7) is 3.76. The van der Waals surface area contributed by atoms with Crippen LogP contribution in [0.3, 0.4) is 0 Å². The van der Waals surface area contributed by atoms with Crippen molar-refractivity contribution in [2.45, 2.75) is 33.1 Å². The third kappa shape index (κ3) is 4.69. The number of carbonyl (C=O) groups is 1. The van der Waals surface area contributed by atoms with E-state index in [0.29, 0.717) is 11.1 Å². The minimum Gasteiger partial charge on any atom is -0.370 e. The lowest BCUT2D eigenvalue weighted by Gasteiger charge is -2.05. The van der Waals surface area contributed by atoms with Gasteiger partial charge >= 0.3 is 0 Å². The Morgan fingerprint density at radius 3 is 2.64 bits per heavy atom. The average Bonchev–Trinajstić information content (AvgIpc) is 2.42. The van der Waals surface area contributed by atoms with Crippen LogP contribution in [0.25, 0.3) is 6.08 Å². The van der Waals surface area contributed by atoms with Gasteiger partial charge in [0, 0.05) is 6.07 Å². The number of hydrogen-bond acceptors (Lipinski definition) is 3. The van der Waals surface area contributed by atoms with E-state index in [-0.39, 0.29) is 17.2 Å². The van der Waals surface area contributed by atoms with Gasteiger partial charge in [0.2, 0.25) is 0 Å². The summed E-state index contributed by atoms with van der Waals surface area (Å²) in [6, 6.07) is 2.81. The fourth-order valence-corrected chi connectivity index (χ4v) is 1.95. The van der Waals surface area contributed by atoms with Crippen molar-refractivity contribution < 1.29 is 9.72 Å². The zero-order valence-electron chi connectivity index (χ0n) is 12.7. The van der Waals surface area contributed by atoms with E-state index in [0.717, 1.165) is 19.3 Å². The Balaban J connectivity index is 3.24. The summed E-state index contributed by atoms with van der Waals surface area (Å²) in [5.74, 6) is -1.07. The van der Waals surface area contributed by atoms with Crippen molar-refractivity contribution in [3.63, 3.8) is 0 Å². The Labute approximate surface area is 128 Å². The number of nitrogens with zero attached hydrogens (tertiary/aromatic N) is 2. The molecule has 0 aromatic heterocycles. The van der Waals surface area contributed by atoms with E-state index in [9.17, 15) is 14.9 Å². The van der Waals surface area contributed by atoms with Crippen LogP contribution in [0.4, 0.5) is 5.69 Å². The Morgan fingerprint density at radius 1 is 1.41 bits per heavy atom. The Bertz CT molecular complexity index is 632. The van der Waals surface area contributed by atoms with Gasteiger partial charge in [-0.2, -0.15) is 4.99 Å². The number of guanidine groups is 1. The summed E-state index contributed by atoms with van der Waals surface area (Å²) in [6.07, 6.45) is 6.52. The minimum atomic E-state index is -0.692. The first-order valence-electron chi connectivity index (χ1n) is 6.96. The molecule has 0 radical (unpaired) electrons. The van der Waals surface area contributed by atoms with Crippen molar-refractivity contribution >= 4 is 23.6 Å². The summed E-state index contributed by atoms with van der Waals surface area (Å²) in [5.41, 5.74) is 11.3. The molecule has 7 nitrogen and oxygen atoms in total. The molecule has 0 heterocycles. The molecule has 1 amide bonds. The number of benzene rings is 1. The van der Waals surface area contributed by atoms with Crippen molar-refractivity contribution in [2.75, 3.05) is 0 Å². The van der Waals surface area contributed by atoms with Crippen molar-refractivity contribution in [3.05, 3.63) is 45.0 Å². The number of allylic oxidation sites excluding steroid dienone is 1. The smallest absolute Gasteiger partial charge is 0.280 e. The molecule has 4 N–H and O–H groups in total. The summed E-state index contributed by atoms with van der Waals surface area (Å²) < 4.78 is 0. The van der Waals surface area contributed by atoms with Gasteiger partial charge in [0.1, 0.15) is 0 Å². The molecule has 0 unspecified atom stereocenters. The standard InChI is InChI=1S/C15H20N4O3/c1-3-4-5-6-7-11-8-10(2)12(9-13(11)19(21)22)14(20)18-15(16)17/h6-9H,3-5H2,1-2H3,(H4,16,17,18,20)/b7-6+. The number of carbonyl (C=O) groups excluding carboxylic acids is 1. The molecular formula is C15H20N4O3. The third-order valence-electron chi connectivity index (χ3n) is 3.05. The first-order valence-corrected chi connectivity index (χ1v) is 6.96. The Hall–Kier alpha value is -2.70. The number of unbranched alkanes of at least 4 members (excludes halogenated alkanes) is 2. The number of nitro groups is 1. The van der Waals surface area contributed by atoms with Gasteiger partial charge in [0.05, 0.1) is 16.1 Å². The van der Waals surface area contributed by atoms with E-state index in [2.05, 4.69) is 11.9 Å². The number of rotatable bonds is 6. The van der Waals surface area contributed by atoms with Crippen molar-refractivity contribution in [1.29, 1.82) is 0 Å². The Kier molecular flexibility index (Phi) is 6.25. The van der Waals surface area contributed by atoms with Gasteiger partial charge in [-0.3, -0.25) is 14.9 Å². The minimum absolute atomic E-state index is 0.116. The number of nitrogens with two attached hydrogens (primary N) is 2. The molecule has 0 fully saturated rings. The second-order valence-electron chi connectivity index (χ2n) is 4.87. The zero-order valence-corrected chi connectivity index (χ0v) is 12.7. The van der Waals surface area contributed by atoms with Crippen LogP contribution in [-0.4, -0.2) is 16.8 Å². The molecular weight excluding hydrogens is 284 g/mol. The average molecular weight is 304 g/mol. The molecule has 118 valence electrons. The summed E-state index contributed by atoms with van der Waals surface area (Å²) in [4.78, 5) is 26.0. The lowest BCUT2D eigenvalue weighted by atomic mass is 10.0. The predicted molar refractivity (Wildman–Crippen MR) is 86.5 cm³/mol. The van der Waals surface area contributed by atoms with Gasteiger partial charge in [-0.05, 0) is 25.0 Å². The van der Waals surface area contributed by atoms with Crippen molar-refractivity contribution in [3.8, 4) is 0 Å². The molecule has 22 heavy (non-hydrogen) atoms. The maximum Gasteiger partial charge on any atom is 0.280 e. The molecule has 0 spiro atoms. The van der Waals surface area contributed by atoms with Gasteiger partial charge < -0.3 is 11.5 Å². The molecule has 1 aromatic carbocycles. The van der Waals surface area contributed by atoms with E-state index in [1.54, 1.807) is 19.1 Å². The normalized spacial score (nSPS) is 10.6. The van der Waals surface area contributed by atoms with Crippen LogP contribution in [0.5, 0.6) is 0 Å². The Morgan fingerprint density at radius 2 is 2.09 bits per heavy atom.